The van der Waals surface area contributed by atoms with Gasteiger partial charge in [0.25, 0.3) is 5.91 Å². The number of amides is 1. The van der Waals surface area contributed by atoms with Crippen LogP contribution < -0.4 is 5.73 Å². The number of aliphatic hydroxyl groups is 1. The molecular formula is C31H29ClF2N6O2. The van der Waals surface area contributed by atoms with Crippen molar-refractivity contribution in [2.75, 3.05) is 0 Å². The number of nitrogens with two attached hydrogens (primary N) is 1. The maximum atomic E-state index is 16.0. The van der Waals surface area contributed by atoms with Crippen molar-refractivity contribution in [1.82, 2.24) is 19.9 Å². The lowest BCUT2D eigenvalue weighted by Gasteiger charge is -2.38. The monoisotopic (exact) mass is 590 g/mol. The minimum Gasteiger partial charge on any atom is -0.389 e. The maximum Gasteiger partial charge on any atom is 0.254 e. The molecule has 0 aliphatic carbocycles. The largest absolute Gasteiger partial charge is 0.389 e. The van der Waals surface area contributed by atoms with Gasteiger partial charge in [0.2, 0.25) is 0 Å². The first-order valence-electron chi connectivity index (χ1n) is 13.8. The van der Waals surface area contributed by atoms with E-state index in [0.29, 0.717) is 27.8 Å². The zero-order valence-corrected chi connectivity index (χ0v) is 23.9. The van der Waals surface area contributed by atoms with Crippen LogP contribution in [0.4, 0.5) is 8.78 Å². The van der Waals surface area contributed by atoms with Crippen molar-refractivity contribution in [2.45, 2.75) is 69.8 Å². The summed E-state index contributed by atoms with van der Waals surface area (Å²) in [5.74, 6) is -1.63. The molecule has 3 atom stereocenters. The molecule has 2 fully saturated rings. The molecule has 0 spiro atoms. The summed E-state index contributed by atoms with van der Waals surface area (Å²) in [6, 6.07) is 12.5. The van der Waals surface area contributed by atoms with Gasteiger partial charge in [-0.05, 0) is 86.6 Å². The Hall–Kier alpha value is -3.91. The van der Waals surface area contributed by atoms with Gasteiger partial charge in [0.05, 0.1) is 17.7 Å². The second-order valence-corrected chi connectivity index (χ2v) is 12.3. The molecule has 1 amide bonds. The predicted octanol–water partition coefficient (Wildman–Crippen LogP) is 5.43. The van der Waals surface area contributed by atoms with Crippen molar-refractivity contribution in [3.63, 3.8) is 0 Å². The van der Waals surface area contributed by atoms with E-state index in [2.05, 4.69) is 10.3 Å². The fraction of sp³-hybridized carbons (Fsp3) is 0.355. The topological polar surface area (TPSA) is 121 Å². The number of fused-ring (bicyclic) bond motifs is 3. The Labute approximate surface area is 246 Å². The number of carbonyl (C=O) groups excluding carboxylic acids is 1. The van der Waals surface area contributed by atoms with Crippen LogP contribution in [0.25, 0.3) is 33.3 Å². The van der Waals surface area contributed by atoms with Crippen LogP contribution in [-0.4, -0.2) is 54.6 Å². The van der Waals surface area contributed by atoms with Gasteiger partial charge in [-0.3, -0.25) is 4.79 Å². The number of rotatable bonds is 5. The number of halogens is 3. The van der Waals surface area contributed by atoms with E-state index in [1.807, 2.05) is 11.0 Å². The molecule has 2 saturated heterocycles. The standard InChI is InChI=1S/C31H29ClF2N6O2/c1-31(2,42)15-39-29-26(37-38-39)13-24(28(34)27(29)32)22-8-5-17(9-23(22)16-3-4-18(14-35)25(33)10-16)30(41)40-20-6-7-21(40)12-19(36)11-20/h3-5,8-10,13,19-21,42H,6-7,11-12,15,36H2,1-2H3/t19?,20-,21+. The number of aromatic nitrogens is 3. The number of piperidine rings is 1. The molecule has 6 rings (SSSR count). The van der Waals surface area contributed by atoms with E-state index in [-0.39, 0.29) is 52.2 Å². The smallest absolute Gasteiger partial charge is 0.254 e. The van der Waals surface area contributed by atoms with Crippen molar-refractivity contribution < 1.29 is 18.7 Å². The van der Waals surface area contributed by atoms with Crippen LogP contribution in [0.5, 0.6) is 0 Å². The molecule has 2 aliphatic rings. The molecule has 0 radical (unpaired) electrons. The van der Waals surface area contributed by atoms with Crippen molar-refractivity contribution in [3.8, 4) is 28.3 Å². The number of hydrogen-bond donors (Lipinski definition) is 2. The van der Waals surface area contributed by atoms with Gasteiger partial charge in [-0.1, -0.05) is 28.9 Å². The Kier molecular flexibility index (Phi) is 7.00. The molecule has 3 heterocycles. The van der Waals surface area contributed by atoms with Gasteiger partial charge < -0.3 is 15.7 Å². The lowest BCUT2D eigenvalue weighted by Crippen LogP contribution is -2.50. The van der Waals surface area contributed by atoms with Crippen LogP contribution in [0.3, 0.4) is 0 Å². The number of hydrogen-bond acceptors (Lipinski definition) is 6. The molecule has 11 heteroatoms. The minimum absolute atomic E-state index is 0.0397. The van der Waals surface area contributed by atoms with E-state index in [1.54, 1.807) is 38.1 Å². The van der Waals surface area contributed by atoms with E-state index < -0.39 is 17.2 Å². The summed E-state index contributed by atoms with van der Waals surface area (Å²) in [6.45, 7) is 3.22. The first-order valence-corrected chi connectivity index (χ1v) is 14.2. The summed E-state index contributed by atoms with van der Waals surface area (Å²) in [5.41, 5.74) is 7.06. The highest BCUT2D eigenvalue weighted by Gasteiger charge is 2.42. The van der Waals surface area contributed by atoms with Gasteiger partial charge in [-0.15, -0.1) is 5.10 Å². The Bertz CT molecular complexity index is 1760. The summed E-state index contributed by atoms with van der Waals surface area (Å²) in [6.07, 6.45) is 3.28. The number of nitrogens with zero attached hydrogens (tertiary/aromatic N) is 5. The van der Waals surface area contributed by atoms with Crippen LogP contribution in [0.1, 0.15) is 55.5 Å². The highest BCUT2D eigenvalue weighted by atomic mass is 35.5. The lowest BCUT2D eigenvalue weighted by molar-refractivity contribution is 0.0571. The van der Waals surface area contributed by atoms with E-state index in [9.17, 15) is 19.6 Å². The summed E-state index contributed by atoms with van der Waals surface area (Å²) < 4.78 is 32.2. The molecule has 2 aliphatic heterocycles. The molecule has 8 nitrogen and oxygen atoms in total. The SMILES string of the molecule is CC(C)(O)Cn1nnc2cc(-c3ccc(C(=O)N4[C@@H]5CC[C@H]4CC(N)C5)cc3-c3ccc(C#N)c(F)c3)c(F)c(Cl)c21. The number of nitriles is 1. The van der Waals surface area contributed by atoms with Gasteiger partial charge in [-0.25, -0.2) is 13.5 Å². The van der Waals surface area contributed by atoms with Crippen molar-refractivity contribution >= 4 is 28.5 Å². The molecule has 42 heavy (non-hydrogen) atoms. The minimum atomic E-state index is -1.15. The molecule has 1 unspecified atom stereocenters. The van der Waals surface area contributed by atoms with E-state index in [0.717, 1.165) is 25.7 Å². The Morgan fingerprint density at radius 2 is 1.83 bits per heavy atom. The van der Waals surface area contributed by atoms with E-state index in [4.69, 9.17) is 17.3 Å². The van der Waals surface area contributed by atoms with Crippen LogP contribution in [-0.2, 0) is 6.54 Å². The zero-order valence-electron chi connectivity index (χ0n) is 23.1. The van der Waals surface area contributed by atoms with Gasteiger partial charge in [0.15, 0.2) is 5.82 Å². The molecule has 2 bridgehead atoms. The van der Waals surface area contributed by atoms with Crippen molar-refractivity contribution in [1.29, 1.82) is 5.26 Å². The first kappa shape index (κ1) is 28.2. The summed E-state index contributed by atoms with van der Waals surface area (Å²) >= 11 is 6.53. The average molecular weight is 591 g/mol. The average Bonchev–Trinajstić information content (AvgIpc) is 3.46. The molecule has 1 aromatic heterocycles. The highest BCUT2D eigenvalue weighted by molar-refractivity contribution is 6.35. The second kappa shape index (κ2) is 10.4. The zero-order chi connectivity index (χ0) is 29.9. The lowest BCUT2D eigenvalue weighted by atomic mass is 9.90. The fourth-order valence-corrected chi connectivity index (χ4v) is 6.67. The molecule has 3 N–H and O–H groups in total. The molecule has 0 saturated carbocycles. The molecule has 216 valence electrons. The van der Waals surface area contributed by atoms with Crippen LogP contribution >= 0.6 is 11.6 Å². The second-order valence-electron chi connectivity index (χ2n) is 11.9. The van der Waals surface area contributed by atoms with Crippen LogP contribution in [0, 0.1) is 23.0 Å². The third kappa shape index (κ3) is 4.91. The Balaban J connectivity index is 1.50. The summed E-state index contributed by atoms with van der Waals surface area (Å²) in [5, 5.41) is 27.5. The van der Waals surface area contributed by atoms with Crippen LogP contribution in [0.15, 0.2) is 42.5 Å². The molecule has 4 aromatic rings. The maximum absolute atomic E-state index is 16.0. The van der Waals surface area contributed by atoms with E-state index >= 15 is 4.39 Å². The first-order chi connectivity index (χ1) is 19.9. The van der Waals surface area contributed by atoms with Gasteiger partial charge in [0.1, 0.15) is 27.9 Å². The van der Waals surface area contributed by atoms with E-state index in [1.165, 1.54) is 22.9 Å². The number of benzene rings is 3. The summed E-state index contributed by atoms with van der Waals surface area (Å²) in [7, 11) is 0. The van der Waals surface area contributed by atoms with Crippen LogP contribution in [0.2, 0.25) is 5.02 Å². The number of carbonyl (C=O) groups is 1. The summed E-state index contributed by atoms with van der Waals surface area (Å²) in [4.78, 5) is 15.7. The van der Waals surface area contributed by atoms with Crippen molar-refractivity contribution in [3.05, 3.63) is 70.2 Å². The quantitative estimate of drug-likeness (QED) is 0.319. The van der Waals surface area contributed by atoms with Gasteiger partial charge in [-0.2, -0.15) is 5.26 Å². The third-order valence-corrected chi connectivity index (χ3v) is 8.52. The third-order valence-electron chi connectivity index (χ3n) is 8.18. The predicted molar refractivity (Wildman–Crippen MR) is 155 cm³/mol. The van der Waals surface area contributed by atoms with Gasteiger partial charge in [0, 0.05) is 29.3 Å². The highest BCUT2D eigenvalue weighted by Crippen LogP contribution is 2.41. The molecule has 3 aromatic carbocycles. The normalized spacial score (nSPS) is 20.2. The fourth-order valence-electron chi connectivity index (χ4n) is 6.37. The molecular weight excluding hydrogens is 562 g/mol. The Morgan fingerprint density at radius 3 is 2.48 bits per heavy atom. The van der Waals surface area contributed by atoms with Gasteiger partial charge >= 0.3 is 0 Å². The van der Waals surface area contributed by atoms with Crippen molar-refractivity contribution in [2.24, 2.45) is 5.73 Å². The Morgan fingerprint density at radius 1 is 1.12 bits per heavy atom.